The van der Waals surface area contributed by atoms with Gasteiger partial charge in [-0.1, -0.05) is 33.6 Å². The van der Waals surface area contributed by atoms with Crippen LogP contribution in [-0.4, -0.2) is 61.2 Å². The zero-order valence-corrected chi connectivity index (χ0v) is 47.1. The van der Waals surface area contributed by atoms with E-state index in [4.69, 9.17) is 42.1 Å². The molecular weight excluding hydrogens is 1070 g/mol. The molecule has 0 amide bonds. The molecule has 0 saturated heterocycles. The summed E-state index contributed by atoms with van der Waals surface area (Å²) in [5, 5.41) is 18.0. The molecule has 5 heterocycles. The molecule has 0 unspecified atom stereocenters. The Labute approximate surface area is 449 Å². The minimum atomic E-state index is -3.69. The van der Waals surface area contributed by atoms with E-state index in [0.717, 1.165) is 5.69 Å². The molecule has 5 aromatic heterocycles. The fraction of sp³-hybridized carbons (Fsp3) is 0.389. The van der Waals surface area contributed by atoms with Crippen molar-refractivity contribution in [3.05, 3.63) is 162 Å². The molecule has 0 bridgehead atoms. The van der Waals surface area contributed by atoms with Crippen LogP contribution in [0.1, 0.15) is 128 Å². The van der Waals surface area contributed by atoms with Crippen LogP contribution in [0.3, 0.4) is 0 Å². The Morgan fingerprint density at radius 1 is 0.760 bits per heavy atom. The molecule has 1 aromatic carbocycles. The summed E-state index contributed by atoms with van der Waals surface area (Å²) < 4.78 is 45.0. The highest BCUT2D eigenvalue weighted by Crippen LogP contribution is 2.49. The van der Waals surface area contributed by atoms with E-state index >= 15 is 0 Å². The first kappa shape index (κ1) is 60.6. The van der Waals surface area contributed by atoms with Gasteiger partial charge in [-0.2, -0.15) is 10.5 Å². The minimum Gasteiger partial charge on any atom is -0.490 e. The van der Waals surface area contributed by atoms with Crippen molar-refractivity contribution >= 4 is 54.2 Å². The number of rotatable bonds is 15. The van der Waals surface area contributed by atoms with Crippen molar-refractivity contribution in [3.63, 3.8) is 0 Å². The molecule has 75 heavy (non-hydrogen) atoms. The van der Waals surface area contributed by atoms with Crippen molar-refractivity contribution in [2.75, 3.05) is 0 Å². The molecule has 1 fully saturated rings. The fourth-order valence-electron chi connectivity index (χ4n) is 7.85. The number of benzene rings is 1. The number of Topliss-reactive ketones (excluding diaryl/α,β-unsaturated/α-hetero) is 1. The van der Waals surface area contributed by atoms with Gasteiger partial charge in [0.1, 0.15) is 35.0 Å². The van der Waals surface area contributed by atoms with Gasteiger partial charge in [0.25, 0.3) is 22.2 Å². The molecule has 7 rings (SSSR count). The highest BCUT2D eigenvalue weighted by atomic mass is 79.9. The summed E-state index contributed by atoms with van der Waals surface area (Å²) in [7, 11) is -3.69. The average molecular weight is 1130 g/mol. The number of halogens is 2. The molecule has 21 heteroatoms. The number of nitrogens with one attached hydrogen (secondary N) is 4. The summed E-state index contributed by atoms with van der Waals surface area (Å²) in [6, 6.07) is 13.8. The van der Waals surface area contributed by atoms with Crippen LogP contribution in [0.2, 0.25) is 5.02 Å². The molecule has 6 aromatic rings. The molecular formula is C54H64BrClN8O10S. The maximum atomic E-state index is 13.6. The Bertz CT molecular complexity index is 3540. The molecule has 0 atom stereocenters. The normalized spacial score (nSPS) is 12.3. The van der Waals surface area contributed by atoms with E-state index < -0.39 is 25.9 Å². The molecule has 400 valence electrons. The van der Waals surface area contributed by atoms with Crippen LogP contribution in [0.5, 0.6) is 17.2 Å². The molecule has 18 nitrogen and oxygen atoms in total. The van der Waals surface area contributed by atoms with Crippen LogP contribution in [0.4, 0.5) is 0 Å². The van der Waals surface area contributed by atoms with Gasteiger partial charge in [0.15, 0.2) is 11.3 Å². The predicted molar refractivity (Wildman–Crippen MR) is 295 cm³/mol. The molecule has 1 aliphatic rings. The highest BCUT2D eigenvalue weighted by molar-refractivity contribution is 9.10. The zero-order valence-electron chi connectivity index (χ0n) is 44.0. The molecule has 0 aliphatic heterocycles. The highest BCUT2D eigenvalue weighted by Gasteiger charge is 2.54. The molecule has 0 spiro atoms. The number of carbonyl (C=O) groups is 1. The van der Waals surface area contributed by atoms with Gasteiger partial charge in [-0.25, -0.2) is 12.4 Å². The number of ether oxygens (including phenoxy) is 3. The number of pyridine rings is 4. The summed E-state index contributed by atoms with van der Waals surface area (Å²) in [5.41, 5.74) is 9.53. The van der Waals surface area contributed by atoms with E-state index in [9.17, 15) is 32.4 Å². The molecule has 1 aliphatic carbocycles. The lowest BCUT2D eigenvalue weighted by Crippen LogP contribution is -2.28. The van der Waals surface area contributed by atoms with E-state index in [1.165, 1.54) is 3.97 Å². The number of carbonyl (C=O) groups excluding carboxylic acids is 1. The fourth-order valence-corrected chi connectivity index (χ4v) is 10.6. The van der Waals surface area contributed by atoms with Gasteiger partial charge in [-0.3, -0.25) is 24.0 Å². The van der Waals surface area contributed by atoms with E-state index in [-0.39, 0.29) is 70.7 Å². The van der Waals surface area contributed by atoms with Crippen molar-refractivity contribution in [2.45, 2.75) is 138 Å². The third-order valence-corrected chi connectivity index (χ3v) is 14.5. The zero-order chi connectivity index (χ0) is 56.3. The average Bonchev–Trinajstić information content (AvgIpc) is 4.01. The number of hydrogen-bond donors (Lipinski definition) is 5. The maximum absolute atomic E-state index is 13.6. The number of aryl methyl sites for hydroxylation is 5. The first-order valence-corrected chi connectivity index (χ1v) is 26.5. The molecule has 0 radical (unpaired) electrons. The van der Waals surface area contributed by atoms with Gasteiger partial charge < -0.3 is 39.9 Å². The summed E-state index contributed by atoms with van der Waals surface area (Å²) in [5.74, 6) is 1.23. The topological polar surface area (TPSA) is 289 Å². The number of nitrogens with two attached hydrogens (primary N) is 1. The second kappa shape index (κ2) is 26.0. The van der Waals surface area contributed by atoms with Gasteiger partial charge in [0.05, 0.1) is 44.7 Å². The molecule has 6 N–H and O–H groups in total. The largest absolute Gasteiger partial charge is 0.490 e. The summed E-state index contributed by atoms with van der Waals surface area (Å²) in [4.78, 5) is 70.3. The van der Waals surface area contributed by atoms with Crippen LogP contribution in [-0.2, 0) is 23.0 Å². The minimum absolute atomic E-state index is 0.0303. The smallest absolute Gasteiger partial charge is 0.269 e. The Hall–Kier alpha value is -6.97. The standard InChI is InChI=1S/C27H31BrN2O5S.C10H16N2O2.C10H12N2O2.C7H5ClN2O/c1-6-9-27(10-11-27)36(33,34)30-15-17(4)25-21(13-19(28)14-22(25)30)23(31)8-7-20-24(35-16(2)3)12-18(5)29-26(20)32;2*1-6(2)14-9-4-7(3)12-10(13)8(9)5-11;1-4-2-6(8)5(3-9)7(11)10-4/h6,12-16H,1,7-11H2,2-5H3,(H,29,32);4,6H,5,11H2,1-3H3,(H,12,13);4,6H,1-3H3,(H,12,13);2H,1H3,(H,10,11). The lowest BCUT2D eigenvalue weighted by atomic mass is 9.98. The first-order valence-electron chi connectivity index (χ1n) is 23.9. The Morgan fingerprint density at radius 2 is 1.21 bits per heavy atom. The van der Waals surface area contributed by atoms with Crippen LogP contribution in [0.15, 0.2) is 78.9 Å². The van der Waals surface area contributed by atoms with Gasteiger partial charge in [0, 0.05) is 63.4 Å². The van der Waals surface area contributed by atoms with Gasteiger partial charge in [0.2, 0.25) is 10.0 Å². The number of nitriles is 2. The second-order valence-corrected chi connectivity index (χ2v) is 22.3. The summed E-state index contributed by atoms with van der Waals surface area (Å²) in [6.07, 6.45) is 4.96. The van der Waals surface area contributed by atoms with Crippen LogP contribution in [0, 0.1) is 57.3 Å². The Balaban J connectivity index is 0.000000254. The van der Waals surface area contributed by atoms with Crippen molar-refractivity contribution in [1.82, 2.24) is 23.9 Å². The number of aromatic amines is 4. The van der Waals surface area contributed by atoms with Crippen molar-refractivity contribution in [1.29, 1.82) is 10.5 Å². The van der Waals surface area contributed by atoms with Gasteiger partial charge in [-0.05, 0) is 138 Å². The maximum Gasteiger partial charge on any atom is 0.269 e. The Morgan fingerprint density at radius 3 is 1.68 bits per heavy atom. The van der Waals surface area contributed by atoms with E-state index in [1.54, 1.807) is 75.5 Å². The predicted octanol–water partition coefficient (Wildman–Crippen LogP) is 9.08. The third-order valence-electron chi connectivity index (χ3n) is 11.3. The molecule has 1 saturated carbocycles. The number of allylic oxidation sites excluding steroid dienone is 1. The van der Waals surface area contributed by atoms with Crippen molar-refractivity contribution in [2.24, 2.45) is 5.73 Å². The number of hydrogen-bond acceptors (Lipinski definition) is 13. The number of aromatic nitrogens is 5. The Kier molecular flexibility index (Phi) is 21.0. The van der Waals surface area contributed by atoms with Crippen molar-refractivity contribution in [3.8, 4) is 29.4 Å². The first-order chi connectivity index (χ1) is 35.1. The monoisotopic (exact) mass is 1130 g/mol. The lowest BCUT2D eigenvalue weighted by molar-refractivity contribution is 0.0984. The van der Waals surface area contributed by atoms with Gasteiger partial charge in [-0.15, -0.1) is 6.58 Å². The number of nitrogens with zero attached hydrogens (tertiary/aromatic N) is 3. The van der Waals surface area contributed by atoms with Crippen LogP contribution >= 0.6 is 27.5 Å². The van der Waals surface area contributed by atoms with Gasteiger partial charge >= 0.3 is 0 Å². The quantitative estimate of drug-likeness (QED) is 0.0474. The van der Waals surface area contributed by atoms with E-state index in [2.05, 4.69) is 42.4 Å². The summed E-state index contributed by atoms with van der Waals surface area (Å²) >= 11 is 9.05. The summed E-state index contributed by atoms with van der Waals surface area (Å²) in [6.45, 7) is 24.1. The number of fused-ring (bicyclic) bond motifs is 1. The van der Waals surface area contributed by atoms with Crippen molar-refractivity contribution < 1.29 is 27.4 Å². The number of ketones is 1. The van der Waals surface area contributed by atoms with Crippen LogP contribution in [0.25, 0.3) is 10.9 Å². The van der Waals surface area contributed by atoms with E-state index in [1.807, 2.05) is 61.5 Å². The lowest BCUT2D eigenvalue weighted by Gasteiger charge is -2.17. The SMILES string of the molecule is C=CCC1(S(=O)(=O)n2cc(C)c3c(C(=O)CCc4c(OC(C)C)cc(C)[nH]c4=O)cc(Br)cc32)CC1.Cc1cc(Cl)c(C#N)c(=O)[nH]1.Cc1cc(OC(C)C)c(C#N)c(=O)[nH]1.Cc1cc(OC(C)C)c(CN)c(=O)[nH]1. The second-order valence-electron chi connectivity index (χ2n) is 18.8. The number of H-pyrrole nitrogens is 4. The third kappa shape index (κ3) is 15.3. The van der Waals surface area contributed by atoms with E-state index in [0.29, 0.717) is 91.2 Å². The van der Waals surface area contributed by atoms with Crippen LogP contribution < -0.4 is 42.2 Å².